The van der Waals surface area contributed by atoms with Gasteiger partial charge in [-0.2, -0.15) is 0 Å². The van der Waals surface area contributed by atoms with Gasteiger partial charge < -0.3 is 9.84 Å². The number of benzene rings is 1. The van der Waals surface area contributed by atoms with E-state index in [0.717, 1.165) is 16.2 Å². The van der Waals surface area contributed by atoms with Crippen LogP contribution in [-0.4, -0.2) is 21.3 Å². The van der Waals surface area contributed by atoms with Crippen molar-refractivity contribution < 1.29 is 9.84 Å². The molecule has 0 saturated heterocycles. The van der Waals surface area contributed by atoms with Crippen molar-refractivity contribution in [3.63, 3.8) is 0 Å². The van der Waals surface area contributed by atoms with Crippen molar-refractivity contribution >= 4 is 11.8 Å². The first-order chi connectivity index (χ1) is 11.4. The van der Waals surface area contributed by atoms with E-state index < -0.39 is 0 Å². The second-order valence-corrected chi connectivity index (χ2v) is 6.14. The number of hydrogen-bond donors (Lipinski definition) is 1. The average Bonchev–Trinajstić information content (AvgIpc) is 2.57. The molecular weight excluding hydrogens is 320 g/mol. The standard InChI is InChI=1S/C15H18N2O2S.C4H6/c1-9(2)13-14(20-4)15(17-8-16-13)19-12-6-5-10(3)7-11(12)18;1-3-4-2/h5-9,18H,1-4H3;1-2H3. The summed E-state index contributed by atoms with van der Waals surface area (Å²) in [6.07, 6.45) is 3.46. The smallest absolute Gasteiger partial charge is 0.236 e. The Bertz CT molecular complexity index is 728. The SMILES string of the molecule is CC#CC.CSc1c(Oc2ccc(C)cc2O)ncnc1C(C)C. The van der Waals surface area contributed by atoms with Crippen molar-refractivity contribution in [1.29, 1.82) is 0 Å². The summed E-state index contributed by atoms with van der Waals surface area (Å²) in [5.41, 5.74) is 1.93. The average molecular weight is 344 g/mol. The normalized spacial score (nSPS) is 9.62. The maximum absolute atomic E-state index is 9.92. The zero-order chi connectivity index (χ0) is 18.1. The molecule has 0 radical (unpaired) electrons. The molecule has 0 atom stereocenters. The first-order valence-electron chi connectivity index (χ1n) is 7.64. The molecule has 2 aromatic rings. The number of aryl methyl sites for hydroxylation is 1. The summed E-state index contributed by atoms with van der Waals surface area (Å²) in [4.78, 5) is 9.40. The lowest BCUT2D eigenvalue weighted by Crippen LogP contribution is -2.00. The fraction of sp³-hybridized carbons (Fsp3) is 0.368. The summed E-state index contributed by atoms with van der Waals surface area (Å²) in [6.45, 7) is 9.71. The third kappa shape index (κ3) is 5.47. The fourth-order valence-corrected chi connectivity index (χ4v) is 2.63. The fourth-order valence-electron chi connectivity index (χ4n) is 1.86. The Morgan fingerprint density at radius 1 is 1.17 bits per heavy atom. The maximum Gasteiger partial charge on any atom is 0.236 e. The molecule has 0 aliphatic heterocycles. The van der Waals surface area contributed by atoms with Gasteiger partial charge in [0.05, 0.1) is 10.6 Å². The van der Waals surface area contributed by atoms with Crippen LogP contribution in [0.3, 0.4) is 0 Å². The highest BCUT2D eigenvalue weighted by Gasteiger charge is 2.16. The van der Waals surface area contributed by atoms with E-state index in [1.54, 1.807) is 23.9 Å². The minimum atomic E-state index is 0.113. The monoisotopic (exact) mass is 344 g/mol. The molecule has 0 saturated carbocycles. The van der Waals surface area contributed by atoms with Gasteiger partial charge in [0.25, 0.3) is 0 Å². The third-order valence-corrected chi connectivity index (χ3v) is 3.91. The second kappa shape index (κ2) is 9.84. The van der Waals surface area contributed by atoms with Crippen molar-refractivity contribution in [2.45, 2.75) is 45.4 Å². The summed E-state index contributed by atoms with van der Waals surface area (Å²) in [5.74, 6) is 6.64. The van der Waals surface area contributed by atoms with Crippen LogP contribution in [0.2, 0.25) is 0 Å². The first-order valence-corrected chi connectivity index (χ1v) is 8.86. The van der Waals surface area contributed by atoms with E-state index in [2.05, 4.69) is 35.7 Å². The van der Waals surface area contributed by atoms with Gasteiger partial charge in [-0.05, 0) is 50.6 Å². The van der Waals surface area contributed by atoms with Crippen molar-refractivity contribution in [3.8, 4) is 29.2 Å². The quantitative estimate of drug-likeness (QED) is 0.613. The number of rotatable bonds is 4. The Morgan fingerprint density at radius 2 is 1.83 bits per heavy atom. The molecule has 0 aliphatic carbocycles. The molecule has 2 rings (SSSR count). The van der Waals surface area contributed by atoms with E-state index in [0.29, 0.717) is 11.6 Å². The van der Waals surface area contributed by atoms with Gasteiger partial charge in [0, 0.05) is 0 Å². The van der Waals surface area contributed by atoms with Crippen LogP contribution in [0, 0.1) is 18.8 Å². The van der Waals surface area contributed by atoms with Crippen molar-refractivity contribution in [2.75, 3.05) is 6.26 Å². The lowest BCUT2D eigenvalue weighted by Gasteiger charge is -2.14. The predicted molar refractivity (Wildman–Crippen MR) is 99.9 cm³/mol. The molecule has 1 aromatic carbocycles. The summed E-state index contributed by atoms with van der Waals surface area (Å²) in [7, 11) is 0. The van der Waals surface area contributed by atoms with E-state index in [-0.39, 0.29) is 11.7 Å². The molecule has 0 aliphatic rings. The molecule has 1 aromatic heterocycles. The second-order valence-electron chi connectivity index (χ2n) is 5.33. The molecule has 1 N–H and O–H groups in total. The summed E-state index contributed by atoms with van der Waals surface area (Å²) in [6, 6.07) is 5.29. The van der Waals surface area contributed by atoms with Gasteiger partial charge in [0.1, 0.15) is 6.33 Å². The number of phenols is 1. The van der Waals surface area contributed by atoms with E-state index in [1.165, 1.54) is 6.33 Å². The molecule has 128 valence electrons. The highest BCUT2D eigenvalue weighted by atomic mass is 32.2. The van der Waals surface area contributed by atoms with Crippen LogP contribution in [-0.2, 0) is 0 Å². The zero-order valence-electron chi connectivity index (χ0n) is 15.0. The highest BCUT2D eigenvalue weighted by molar-refractivity contribution is 7.98. The van der Waals surface area contributed by atoms with E-state index in [9.17, 15) is 5.11 Å². The summed E-state index contributed by atoms with van der Waals surface area (Å²) < 4.78 is 5.76. The maximum atomic E-state index is 9.92. The van der Waals surface area contributed by atoms with Gasteiger partial charge in [-0.1, -0.05) is 19.9 Å². The van der Waals surface area contributed by atoms with Crippen LogP contribution in [0.4, 0.5) is 0 Å². The van der Waals surface area contributed by atoms with E-state index in [1.807, 2.05) is 33.1 Å². The lowest BCUT2D eigenvalue weighted by molar-refractivity contribution is 0.394. The van der Waals surface area contributed by atoms with Gasteiger partial charge in [0.15, 0.2) is 11.5 Å². The molecule has 0 bridgehead atoms. The minimum absolute atomic E-state index is 0.113. The number of ether oxygens (including phenoxy) is 1. The Labute approximate surface area is 148 Å². The van der Waals surface area contributed by atoms with Gasteiger partial charge in [-0.25, -0.2) is 9.97 Å². The number of aromatic nitrogens is 2. The number of hydrogen-bond acceptors (Lipinski definition) is 5. The number of nitrogens with zero attached hydrogens (tertiary/aromatic N) is 2. The molecule has 0 fully saturated rings. The van der Waals surface area contributed by atoms with Crippen LogP contribution in [0.1, 0.15) is 44.9 Å². The van der Waals surface area contributed by atoms with Crippen LogP contribution in [0.25, 0.3) is 0 Å². The van der Waals surface area contributed by atoms with Crippen molar-refractivity contribution in [2.24, 2.45) is 0 Å². The molecule has 24 heavy (non-hydrogen) atoms. The predicted octanol–water partition coefficient (Wildman–Crippen LogP) is 5.16. The topological polar surface area (TPSA) is 55.2 Å². The first kappa shape index (κ1) is 19.9. The highest BCUT2D eigenvalue weighted by Crippen LogP contribution is 2.37. The van der Waals surface area contributed by atoms with Crippen LogP contribution in [0.15, 0.2) is 29.4 Å². The van der Waals surface area contributed by atoms with Gasteiger partial charge >= 0.3 is 0 Å². The Kier molecular flexibility index (Phi) is 8.14. The van der Waals surface area contributed by atoms with Crippen LogP contribution in [0.5, 0.6) is 17.4 Å². The summed E-state index contributed by atoms with van der Waals surface area (Å²) in [5, 5.41) is 9.92. The molecule has 1 heterocycles. The third-order valence-electron chi connectivity index (χ3n) is 3.12. The zero-order valence-corrected chi connectivity index (χ0v) is 15.9. The van der Waals surface area contributed by atoms with Crippen molar-refractivity contribution in [3.05, 3.63) is 35.8 Å². The van der Waals surface area contributed by atoms with Gasteiger partial charge in [-0.15, -0.1) is 23.6 Å². The molecule has 0 amide bonds. The van der Waals surface area contributed by atoms with E-state index >= 15 is 0 Å². The van der Waals surface area contributed by atoms with Crippen LogP contribution >= 0.6 is 11.8 Å². The molecule has 5 heteroatoms. The Hall–Kier alpha value is -2.19. The largest absolute Gasteiger partial charge is 0.504 e. The van der Waals surface area contributed by atoms with Gasteiger partial charge in [-0.3, -0.25) is 0 Å². The Balaban J connectivity index is 0.000000648. The number of phenolic OH excluding ortho intramolecular Hbond substituents is 1. The summed E-state index contributed by atoms with van der Waals surface area (Å²) >= 11 is 1.55. The van der Waals surface area contributed by atoms with E-state index in [4.69, 9.17) is 4.74 Å². The molecular formula is C19H24N2O2S. The van der Waals surface area contributed by atoms with Crippen LogP contribution < -0.4 is 4.74 Å². The molecule has 0 unspecified atom stereocenters. The minimum Gasteiger partial charge on any atom is -0.504 e. The molecule has 4 nitrogen and oxygen atoms in total. The number of thioether (sulfide) groups is 1. The van der Waals surface area contributed by atoms with Crippen molar-refractivity contribution in [1.82, 2.24) is 9.97 Å². The molecule has 0 spiro atoms. The number of aromatic hydroxyl groups is 1. The Morgan fingerprint density at radius 3 is 2.33 bits per heavy atom. The lowest BCUT2D eigenvalue weighted by atomic mass is 10.1. The van der Waals surface area contributed by atoms with Gasteiger partial charge in [0.2, 0.25) is 5.88 Å².